The molecule has 1 unspecified atom stereocenters. The minimum absolute atomic E-state index is 0.0475. The van der Waals surface area contributed by atoms with E-state index >= 15 is 0 Å². The predicted octanol–water partition coefficient (Wildman–Crippen LogP) is 0.737. The number of amides is 1. The quantitative estimate of drug-likeness (QED) is 0.831. The Kier molecular flexibility index (Phi) is 5.31. The molecule has 1 amide bonds. The molecule has 1 aromatic rings. The highest BCUT2D eigenvalue weighted by Gasteiger charge is 2.24. The Labute approximate surface area is 118 Å². The second-order valence-corrected chi connectivity index (χ2v) is 4.78. The van der Waals surface area contributed by atoms with Crippen LogP contribution in [0.25, 0.3) is 0 Å². The fourth-order valence-corrected chi connectivity index (χ4v) is 2.11. The number of aliphatic hydroxyl groups excluding tert-OH is 1. The van der Waals surface area contributed by atoms with Gasteiger partial charge in [-0.2, -0.15) is 0 Å². The van der Waals surface area contributed by atoms with E-state index in [0.717, 1.165) is 13.0 Å². The first-order valence-electron chi connectivity index (χ1n) is 6.96. The average molecular weight is 279 g/mol. The van der Waals surface area contributed by atoms with Crippen molar-refractivity contribution < 1.29 is 14.6 Å². The van der Waals surface area contributed by atoms with Crippen LogP contribution in [0.4, 0.5) is 5.82 Å². The van der Waals surface area contributed by atoms with Gasteiger partial charge in [0.2, 0.25) is 0 Å². The summed E-state index contributed by atoms with van der Waals surface area (Å²) in [4.78, 5) is 18.3. The number of aliphatic hydroxyl groups is 1. The van der Waals surface area contributed by atoms with Crippen molar-refractivity contribution in [3.05, 3.63) is 23.9 Å². The summed E-state index contributed by atoms with van der Waals surface area (Å²) in [5, 5.41) is 12.3. The summed E-state index contributed by atoms with van der Waals surface area (Å²) in [6.07, 6.45) is 2.35. The lowest BCUT2D eigenvalue weighted by Gasteiger charge is -2.32. The number of nitrogens with zero attached hydrogens (tertiary/aromatic N) is 2. The van der Waals surface area contributed by atoms with Gasteiger partial charge in [0.15, 0.2) is 0 Å². The van der Waals surface area contributed by atoms with E-state index in [1.165, 1.54) is 0 Å². The Balaban J connectivity index is 2.04. The molecule has 0 spiro atoms. The molecule has 0 bridgehead atoms. The third-order valence-electron chi connectivity index (χ3n) is 3.19. The lowest BCUT2D eigenvalue weighted by atomic mass is 10.2. The van der Waals surface area contributed by atoms with Crippen LogP contribution in [0.1, 0.15) is 23.7 Å². The second kappa shape index (κ2) is 7.21. The van der Waals surface area contributed by atoms with Gasteiger partial charge in [-0.05, 0) is 18.6 Å². The van der Waals surface area contributed by atoms with E-state index in [4.69, 9.17) is 9.84 Å². The molecule has 110 valence electrons. The minimum Gasteiger partial charge on any atom is -0.394 e. The number of rotatable bonds is 5. The lowest BCUT2D eigenvalue weighted by molar-refractivity contribution is -0.0447. The van der Waals surface area contributed by atoms with E-state index < -0.39 is 0 Å². The first-order chi connectivity index (χ1) is 9.74. The molecule has 6 nitrogen and oxygen atoms in total. The summed E-state index contributed by atoms with van der Waals surface area (Å²) in [5.74, 6) is 0.665. The number of aromatic nitrogens is 1. The molecule has 0 radical (unpaired) electrons. The molecule has 2 heterocycles. The number of carbonyl (C=O) groups is 1. The number of pyridine rings is 1. The molecule has 2 rings (SSSR count). The fraction of sp³-hybridized carbons (Fsp3) is 0.571. The normalized spacial score (nSPS) is 18.9. The number of nitrogens with one attached hydrogen (secondary N) is 1. The summed E-state index contributed by atoms with van der Waals surface area (Å²) < 4.78 is 5.35. The molecule has 0 saturated carbocycles. The standard InChI is InChI=1S/C14H21N3O3/c1-2-4-15-13-8-11(3-5-16-13)14(19)17-6-7-20-12(9-17)10-18/h3,5,8,12,18H,2,4,6-7,9-10H2,1H3,(H,15,16). The van der Waals surface area contributed by atoms with E-state index in [-0.39, 0.29) is 18.6 Å². The smallest absolute Gasteiger partial charge is 0.254 e. The van der Waals surface area contributed by atoms with Crippen molar-refractivity contribution in [3.8, 4) is 0 Å². The van der Waals surface area contributed by atoms with Gasteiger partial charge in [-0.1, -0.05) is 6.92 Å². The largest absolute Gasteiger partial charge is 0.394 e. The Morgan fingerprint density at radius 2 is 2.50 bits per heavy atom. The topological polar surface area (TPSA) is 74.7 Å². The van der Waals surface area contributed by atoms with Gasteiger partial charge in [-0.25, -0.2) is 4.98 Å². The molecule has 1 fully saturated rings. The summed E-state index contributed by atoms with van der Waals surface area (Å²) >= 11 is 0. The van der Waals surface area contributed by atoms with Crippen molar-refractivity contribution in [1.82, 2.24) is 9.88 Å². The maximum atomic E-state index is 12.4. The van der Waals surface area contributed by atoms with Crippen LogP contribution in [-0.4, -0.2) is 59.8 Å². The van der Waals surface area contributed by atoms with Gasteiger partial charge in [-0.3, -0.25) is 4.79 Å². The molecule has 20 heavy (non-hydrogen) atoms. The maximum Gasteiger partial charge on any atom is 0.254 e. The first kappa shape index (κ1) is 14.7. The highest BCUT2D eigenvalue weighted by molar-refractivity contribution is 5.94. The van der Waals surface area contributed by atoms with Crippen LogP contribution in [0, 0.1) is 0 Å². The van der Waals surface area contributed by atoms with Gasteiger partial charge in [0.25, 0.3) is 5.91 Å². The van der Waals surface area contributed by atoms with Crippen LogP contribution in [0.3, 0.4) is 0 Å². The van der Waals surface area contributed by atoms with Crippen LogP contribution < -0.4 is 5.32 Å². The van der Waals surface area contributed by atoms with Gasteiger partial charge in [0.05, 0.1) is 19.3 Å². The Bertz CT molecular complexity index is 453. The van der Waals surface area contributed by atoms with Crippen LogP contribution in [0.5, 0.6) is 0 Å². The molecule has 0 aromatic carbocycles. The second-order valence-electron chi connectivity index (χ2n) is 4.78. The van der Waals surface area contributed by atoms with Crippen LogP contribution in [0.15, 0.2) is 18.3 Å². The minimum atomic E-state index is -0.285. The molecule has 1 aliphatic heterocycles. The van der Waals surface area contributed by atoms with Crippen molar-refractivity contribution in [3.63, 3.8) is 0 Å². The fourth-order valence-electron chi connectivity index (χ4n) is 2.11. The van der Waals surface area contributed by atoms with Crippen molar-refractivity contribution in [2.24, 2.45) is 0 Å². The third-order valence-corrected chi connectivity index (χ3v) is 3.19. The number of carbonyl (C=O) groups excluding carboxylic acids is 1. The lowest BCUT2D eigenvalue weighted by Crippen LogP contribution is -2.46. The van der Waals surface area contributed by atoms with Crippen LogP contribution in [-0.2, 0) is 4.74 Å². The van der Waals surface area contributed by atoms with Crippen LogP contribution >= 0.6 is 0 Å². The summed E-state index contributed by atoms with van der Waals surface area (Å²) in [7, 11) is 0. The van der Waals surface area contributed by atoms with E-state index in [1.807, 2.05) is 0 Å². The number of morpholine rings is 1. The molecule has 1 aromatic heterocycles. The van der Waals surface area contributed by atoms with Gasteiger partial charge < -0.3 is 20.1 Å². The molecule has 1 atom stereocenters. The average Bonchev–Trinajstić information content (AvgIpc) is 2.52. The van der Waals surface area contributed by atoms with Crippen molar-refractivity contribution >= 4 is 11.7 Å². The summed E-state index contributed by atoms with van der Waals surface area (Å²) in [6, 6.07) is 3.48. The zero-order chi connectivity index (χ0) is 14.4. The molecule has 6 heteroatoms. The van der Waals surface area contributed by atoms with Gasteiger partial charge >= 0.3 is 0 Å². The number of ether oxygens (including phenoxy) is 1. The monoisotopic (exact) mass is 279 g/mol. The summed E-state index contributed by atoms with van der Waals surface area (Å²) in [6.45, 7) is 4.27. The van der Waals surface area contributed by atoms with Crippen LogP contribution in [0.2, 0.25) is 0 Å². The molecule has 1 saturated heterocycles. The highest BCUT2D eigenvalue weighted by Crippen LogP contribution is 2.13. The molecule has 1 aliphatic rings. The summed E-state index contributed by atoms with van der Waals surface area (Å²) in [5.41, 5.74) is 0.609. The predicted molar refractivity (Wildman–Crippen MR) is 75.7 cm³/mol. The number of hydrogen-bond donors (Lipinski definition) is 2. The van der Waals surface area contributed by atoms with E-state index in [2.05, 4.69) is 17.2 Å². The maximum absolute atomic E-state index is 12.4. The van der Waals surface area contributed by atoms with Gasteiger partial charge in [0, 0.05) is 31.4 Å². The Morgan fingerprint density at radius 1 is 1.65 bits per heavy atom. The molecular weight excluding hydrogens is 258 g/mol. The van der Waals surface area contributed by atoms with Gasteiger partial charge in [0.1, 0.15) is 5.82 Å². The highest BCUT2D eigenvalue weighted by atomic mass is 16.5. The SMILES string of the molecule is CCCNc1cc(C(=O)N2CCOC(CO)C2)ccn1. The van der Waals surface area contributed by atoms with E-state index in [9.17, 15) is 4.79 Å². The van der Waals surface area contributed by atoms with E-state index in [1.54, 1.807) is 23.2 Å². The number of hydrogen-bond acceptors (Lipinski definition) is 5. The van der Waals surface area contributed by atoms with Crippen molar-refractivity contribution in [2.75, 3.05) is 38.2 Å². The third kappa shape index (κ3) is 3.68. The van der Waals surface area contributed by atoms with Gasteiger partial charge in [-0.15, -0.1) is 0 Å². The molecular formula is C14H21N3O3. The molecule has 2 N–H and O–H groups in total. The zero-order valence-corrected chi connectivity index (χ0v) is 11.7. The Morgan fingerprint density at radius 3 is 3.25 bits per heavy atom. The van der Waals surface area contributed by atoms with E-state index in [0.29, 0.717) is 31.1 Å². The Hall–Kier alpha value is -1.66. The molecule has 0 aliphatic carbocycles. The van der Waals surface area contributed by atoms with Crippen molar-refractivity contribution in [1.29, 1.82) is 0 Å². The number of anilines is 1. The van der Waals surface area contributed by atoms with Crippen molar-refractivity contribution in [2.45, 2.75) is 19.4 Å². The first-order valence-corrected chi connectivity index (χ1v) is 6.96. The zero-order valence-electron chi connectivity index (χ0n) is 11.7.